The average molecular weight is 375 g/mol. The van der Waals surface area contributed by atoms with Gasteiger partial charge in [-0.25, -0.2) is 14.0 Å². The summed E-state index contributed by atoms with van der Waals surface area (Å²) in [4.78, 5) is 26.6. The van der Waals surface area contributed by atoms with E-state index in [-0.39, 0.29) is 17.3 Å². The van der Waals surface area contributed by atoms with Crippen molar-refractivity contribution >= 4 is 11.9 Å². The lowest BCUT2D eigenvalue weighted by Gasteiger charge is -2.31. The molecule has 1 saturated heterocycles. The second-order valence-corrected chi connectivity index (χ2v) is 6.47. The standard InChI is InChI=1S/C20H22FNO5/c1-25-19(23)16-11-22(10-15-7-4-8-27-15)12-17(20(24)26-2)18(16)13-5-3-6-14(21)9-13/h3,5-6,9,11-12,15,18H,4,7-8,10H2,1-2H3/t15-/m1/s1. The first-order valence-electron chi connectivity index (χ1n) is 8.76. The summed E-state index contributed by atoms with van der Waals surface area (Å²) in [6.07, 6.45) is 5.17. The van der Waals surface area contributed by atoms with Crippen LogP contribution < -0.4 is 0 Å². The minimum atomic E-state index is -0.777. The molecule has 0 aromatic heterocycles. The molecule has 27 heavy (non-hydrogen) atoms. The first kappa shape index (κ1) is 19.1. The smallest absolute Gasteiger partial charge is 0.336 e. The molecule has 1 aromatic rings. The monoisotopic (exact) mass is 375 g/mol. The van der Waals surface area contributed by atoms with Gasteiger partial charge in [-0.2, -0.15) is 0 Å². The summed E-state index contributed by atoms with van der Waals surface area (Å²) in [5.41, 5.74) is 0.952. The van der Waals surface area contributed by atoms with Crippen LogP contribution in [0.4, 0.5) is 4.39 Å². The summed E-state index contributed by atoms with van der Waals surface area (Å²) in [6.45, 7) is 1.20. The van der Waals surface area contributed by atoms with Crippen LogP contribution >= 0.6 is 0 Å². The van der Waals surface area contributed by atoms with Crippen molar-refractivity contribution in [1.82, 2.24) is 4.90 Å². The van der Waals surface area contributed by atoms with E-state index in [1.165, 1.54) is 32.4 Å². The van der Waals surface area contributed by atoms with E-state index in [1.54, 1.807) is 23.4 Å². The van der Waals surface area contributed by atoms with Gasteiger partial charge in [0.25, 0.3) is 0 Å². The predicted molar refractivity (Wildman–Crippen MR) is 95.0 cm³/mol. The molecule has 0 unspecified atom stereocenters. The molecule has 3 rings (SSSR count). The van der Waals surface area contributed by atoms with Gasteiger partial charge in [0, 0.05) is 25.6 Å². The fourth-order valence-corrected chi connectivity index (χ4v) is 3.46. The van der Waals surface area contributed by atoms with Crippen LogP contribution in [0.15, 0.2) is 47.8 Å². The van der Waals surface area contributed by atoms with Crippen molar-refractivity contribution in [2.75, 3.05) is 27.4 Å². The summed E-state index contributed by atoms with van der Waals surface area (Å²) >= 11 is 0. The van der Waals surface area contributed by atoms with E-state index >= 15 is 0 Å². The Bertz CT molecular complexity index is 748. The number of hydrogen-bond acceptors (Lipinski definition) is 6. The molecule has 0 amide bonds. The van der Waals surface area contributed by atoms with Crippen LogP contribution in [0.1, 0.15) is 24.3 Å². The number of hydrogen-bond donors (Lipinski definition) is 0. The summed E-state index contributed by atoms with van der Waals surface area (Å²) < 4.78 is 29.3. The van der Waals surface area contributed by atoms with Gasteiger partial charge in [-0.3, -0.25) is 0 Å². The zero-order valence-corrected chi connectivity index (χ0v) is 15.3. The van der Waals surface area contributed by atoms with E-state index in [1.807, 2.05) is 0 Å². The SMILES string of the molecule is COC(=O)C1=CN(C[C@H]2CCCO2)C=C(C(=O)OC)C1c1cccc(F)c1. The van der Waals surface area contributed by atoms with Crippen LogP contribution in [0.25, 0.3) is 0 Å². The number of carbonyl (C=O) groups excluding carboxylic acids is 2. The molecule has 1 aromatic carbocycles. The quantitative estimate of drug-likeness (QED) is 0.737. The third-order valence-electron chi connectivity index (χ3n) is 4.69. The van der Waals surface area contributed by atoms with Crippen LogP contribution in [0, 0.1) is 5.82 Å². The van der Waals surface area contributed by atoms with Crippen molar-refractivity contribution in [2.45, 2.75) is 24.9 Å². The Kier molecular flexibility index (Phi) is 5.91. The van der Waals surface area contributed by atoms with E-state index in [0.29, 0.717) is 18.7 Å². The highest BCUT2D eigenvalue weighted by molar-refractivity contribution is 5.98. The van der Waals surface area contributed by atoms with Crippen LogP contribution in [0.3, 0.4) is 0 Å². The van der Waals surface area contributed by atoms with Gasteiger partial charge in [0.2, 0.25) is 0 Å². The van der Waals surface area contributed by atoms with Crippen molar-refractivity contribution in [3.63, 3.8) is 0 Å². The molecule has 0 saturated carbocycles. The normalized spacial score (nSPS) is 20.1. The molecule has 2 heterocycles. The highest BCUT2D eigenvalue weighted by Crippen LogP contribution is 2.37. The third-order valence-corrected chi connectivity index (χ3v) is 4.69. The molecule has 144 valence electrons. The predicted octanol–water partition coefficient (Wildman–Crippen LogP) is 2.52. The second-order valence-electron chi connectivity index (χ2n) is 6.47. The van der Waals surface area contributed by atoms with Crippen molar-refractivity contribution in [3.8, 4) is 0 Å². The zero-order chi connectivity index (χ0) is 19.4. The number of nitrogens with zero attached hydrogens (tertiary/aromatic N) is 1. The largest absolute Gasteiger partial charge is 0.466 e. The molecule has 0 aliphatic carbocycles. The molecule has 1 fully saturated rings. The number of esters is 2. The van der Waals surface area contributed by atoms with E-state index in [2.05, 4.69) is 0 Å². The topological polar surface area (TPSA) is 65.1 Å². The maximum atomic E-state index is 13.8. The molecule has 0 N–H and O–H groups in total. The van der Waals surface area contributed by atoms with Gasteiger partial charge < -0.3 is 19.1 Å². The lowest BCUT2D eigenvalue weighted by Crippen LogP contribution is -2.32. The van der Waals surface area contributed by atoms with Gasteiger partial charge in [-0.05, 0) is 30.5 Å². The number of benzene rings is 1. The van der Waals surface area contributed by atoms with Gasteiger partial charge in [0.1, 0.15) is 5.82 Å². The molecule has 2 aliphatic heterocycles. The minimum Gasteiger partial charge on any atom is -0.466 e. The Hall–Kier alpha value is -2.67. The van der Waals surface area contributed by atoms with Crippen molar-refractivity contribution in [2.24, 2.45) is 0 Å². The lowest BCUT2D eigenvalue weighted by atomic mass is 9.83. The summed E-state index contributed by atoms with van der Waals surface area (Å²) in [7, 11) is 2.54. The summed E-state index contributed by atoms with van der Waals surface area (Å²) in [5.74, 6) is -2.41. The van der Waals surface area contributed by atoms with Crippen LogP contribution in [0.2, 0.25) is 0 Å². The Morgan fingerprint density at radius 2 is 1.85 bits per heavy atom. The van der Waals surface area contributed by atoms with Crippen LogP contribution in [-0.2, 0) is 23.8 Å². The summed E-state index contributed by atoms with van der Waals surface area (Å²) in [6, 6.07) is 5.80. The number of methoxy groups -OCH3 is 2. The fraction of sp³-hybridized carbons (Fsp3) is 0.400. The van der Waals surface area contributed by atoms with Crippen molar-refractivity contribution < 1.29 is 28.2 Å². The van der Waals surface area contributed by atoms with Crippen LogP contribution in [0.5, 0.6) is 0 Å². The molecule has 0 spiro atoms. The van der Waals surface area contributed by atoms with E-state index in [4.69, 9.17) is 14.2 Å². The van der Waals surface area contributed by atoms with Crippen molar-refractivity contribution in [3.05, 3.63) is 59.2 Å². The highest BCUT2D eigenvalue weighted by Gasteiger charge is 2.36. The Balaban J connectivity index is 2.03. The maximum absolute atomic E-state index is 13.8. The number of carbonyl (C=O) groups is 2. The van der Waals surface area contributed by atoms with E-state index < -0.39 is 23.7 Å². The molecule has 2 aliphatic rings. The van der Waals surface area contributed by atoms with Gasteiger partial charge in [0.05, 0.1) is 37.4 Å². The van der Waals surface area contributed by atoms with Gasteiger partial charge >= 0.3 is 11.9 Å². The van der Waals surface area contributed by atoms with Gasteiger partial charge in [-0.1, -0.05) is 12.1 Å². The second kappa shape index (κ2) is 8.35. The lowest BCUT2D eigenvalue weighted by molar-refractivity contribution is -0.137. The number of ether oxygens (including phenoxy) is 3. The molecule has 6 nitrogen and oxygen atoms in total. The fourth-order valence-electron chi connectivity index (χ4n) is 3.46. The Labute approximate surface area is 157 Å². The van der Waals surface area contributed by atoms with Gasteiger partial charge in [0.15, 0.2) is 0 Å². The Morgan fingerprint density at radius 1 is 1.19 bits per heavy atom. The van der Waals surface area contributed by atoms with Gasteiger partial charge in [-0.15, -0.1) is 0 Å². The molecule has 0 bridgehead atoms. The van der Waals surface area contributed by atoms with Crippen molar-refractivity contribution in [1.29, 1.82) is 0 Å². The molecular formula is C20H22FNO5. The maximum Gasteiger partial charge on any atom is 0.336 e. The third kappa shape index (κ3) is 4.19. The molecule has 1 atom stereocenters. The molecule has 0 radical (unpaired) electrons. The van der Waals surface area contributed by atoms with E-state index in [9.17, 15) is 14.0 Å². The number of rotatable bonds is 5. The number of halogens is 1. The minimum absolute atomic E-state index is 0.0148. The highest BCUT2D eigenvalue weighted by atomic mass is 19.1. The first-order chi connectivity index (χ1) is 13.0. The van der Waals surface area contributed by atoms with Crippen LogP contribution in [-0.4, -0.2) is 50.3 Å². The molecular weight excluding hydrogens is 353 g/mol. The molecule has 7 heteroatoms. The Morgan fingerprint density at radius 3 is 2.37 bits per heavy atom. The summed E-state index contributed by atoms with van der Waals surface area (Å²) in [5, 5.41) is 0. The average Bonchev–Trinajstić information content (AvgIpc) is 3.19. The first-order valence-corrected chi connectivity index (χ1v) is 8.76. The zero-order valence-electron chi connectivity index (χ0n) is 15.3. The van der Waals surface area contributed by atoms with E-state index in [0.717, 1.165) is 12.8 Å².